The fraction of sp³-hybridized carbons (Fsp3) is 0.895. The van der Waals surface area contributed by atoms with Crippen LogP contribution in [-0.4, -0.2) is 65.7 Å². The van der Waals surface area contributed by atoms with E-state index < -0.39 is 51.8 Å². The van der Waals surface area contributed by atoms with E-state index in [0.29, 0.717) is 6.42 Å². The number of rotatable bonds is 37. The normalized spacial score (nSPS) is 14.1. The van der Waals surface area contributed by atoms with Crippen LogP contribution in [0.25, 0.3) is 0 Å². The van der Waals surface area contributed by atoms with Gasteiger partial charge >= 0.3 is 19.8 Å². The first-order chi connectivity index (χ1) is 23.7. The number of carbonyl (C=O) groups excluding carboxylic acids is 2. The van der Waals surface area contributed by atoms with Gasteiger partial charge in [0.25, 0.3) is 0 Å². The van der Waals surface area contributed by atoms with Gasteiger partial charge in [0, 0.05) is 6.42 Å². The highest BCUT2D eigenvalue weighted by atomic mass is 31.2. The molecule has 11 heteroatoms. The molecule has 3 N–H and O–H groups in total. The van der Waals surface area contributed by atoms with Crippen molar-refractivity contribution in [2.75, 3.05) is 26.4 Å². The average Bonchev–Trinajstić information content (AvgIpc) is 3.09. The third-order valence-electron chi connectivity index (χ3n) is 8.45. The molecule has 0 heterocycles. The molecule has 0 saturated carbocycles. The molecule has 0 rings (SSSR count). The fourth-order valence-electron chi connectivity index (χ4n) is 5.39. The summed E-state index contributed by atoms with van der Waals surface area (Å²) < 4.78 is 32.5. The molecule has 0 spiro atoms. The number of phosphoric ester groups is 1. The molecule has 290 valence electrons. The first-order valence-electron chi connectivity index (χ1n) is 19.6. The molecule has 0 amide bonds. The standard InChI is InChI=1S/C38H73O10P/c1-3-5-7-9-11-13-15-17-19-21-23-25-27-29-37(41)45-33-36(34-47-49(43,44)46-32-35(40)31-39)48-38(42)30-28-26-24-22-20-18-16-14-12-10-8-6-4-2/h25,27,35-36,39-40H,3-24,26,28-34H2,1-2H3,(H,43,44)/b27-25+/t35-,36+/m0/s1. The van der Waals surface area contributed by atoms with Crippen LogP contribution in [-0.2, 0) is 32.7 Å². The van der Waals surface area contributed by atoms with Gasteiger partial charge in [0.15, 0.2) is 6.10 Å². The number of esters is 2. The molecule has 0 aromatic rings. The van der Waals surface area contributed by atoms with Gasteiger partial charge < -0.3 is 24.6 Å². The largest absolute Gasteiger partial charge is 0.472 e. The van der Waals surface area contributed by atoms with Crippen LogP contribution in [0.5, 0.6) is 0 Å². The van der Waals surface area contributed by atoms with Gasteiger partial charge in [-0.3, -0.25) is 18.6 Å². The Morgan fingerprint density at radius 1 is 0.612 bits per heavy atom. The molecule has 0 aromatic carbocycles. The zero-order valence-corrected chi connectivity index (χ0v) is 32.1. The second-order valence-corrected chi connectivity index (χ2v) is 14.8. The van der Waals surface area contributed by atoms with Crippen LogP contribution < -0.4 is 0 Å². The molecule has 49 heavy (non-hydrogen) atoms. The van der Waals surface area contributed by atoms with E-state index in [4.69, 9.17) is 19.1 Å². The van der Waals surface area contributed by atoms with Crippen LogP contribution in [0.15, 0.2) is 12.2 Å². The van der Waals surface area contributed by atoms with Crippen LogP contribution >= 0.6 is 7.82 Å². The molecule has 0 fully saturated rings. The Balaban J connectivity index is 4.39. The predicted molar refractivity (Wildman–Crippen MR) is 196 cm³/mol. The molecule has 0 aliphatic carbocycles. The first kappa shape index (κ1) is 47.7. The minimum atomic E-state index is -4.61. The monoisotopic (exact) mass is 720 g/mol. The number of aliphatic hydroxyl groups excluding tert-OH is 2. The van der Waals surface area contributed by atoms with Crippen molar-refractivity contribution in [3.8, 4) is 0 Å². The van der Waals surface area contributed by atoms with Gasteiger partial charge in [0.05, 0.1) is 26.2 Å². The SMILES string of the molecule is CCCCCCCCCCCC/C=C/CC(=O)OC[C@H](COP(=O)(O)OC[C@@H](O)CO)OC(=O)CCCCCCCCCCCCCCC. The lowest BCUT2D eigenvalue weighted by Gasteiger charge is -2.20. The summed E-state index contributed by atoms with van der Waals surface area (Å²) in [4.78, 5) is 34.8. The van der Waals surface area contributed by atoms with Gasteiger partial charge in [-0.1, -0.05) is 161 Å². The average molecular weight is 721 g/mol. The highest BCUT2D eigenvalue weighted by Crippen LogP contribution is 2.43. The lowest BCUT2D eigenvalue weighted by atomic mass is 10.0. The number of hydrogen-bond acceptors (Lipinski definition) is 9. The number of unbranched alkanes of at least 4 members (excludes halogenated alkanes) is 22. The molecule has 0 bridgehead atoms. The summed E-state index contributed by atoms with van der Waals surface area (Å²) in [6, 6.07) is 0. The van der Waals surface area contributed by atoms with Crippen molar-refractivity contribution in [1.29, 1.82) is 0 Å². The number of aliphatic hydroxyl groups is 2. The van der Waals surface area contributed by atoms with Crippen LogP contribution in [0.4, 0.5) is 0 Å². The minimum absolute atomic E-state index is 0.0683. The molecular formula is C38H73O10P. The lowest BCUT2D eigenvalue weighted by Crippen LogP contribution is -2.29. The Kier molecular flexibility index (Phi) is 34.2. The third-order valence-corrected chi connectivity index (χ3v) is 9.40. The maximum atomic E-state index is 12.5. The molecule has 3 atom stereocenters. The van der Waals surface area contributed by atoms with E-state index in [9.17, 15) is 24.2 Å². The molecular weight excluding hydrogens is 647 g/mol. The second kappa shape index (κ2) is 35.1. The smallest absolute Gasteiger partial charge is 0.461 e. The Hall–Kier alpha value is -1.29. The van der Waals surface area contributed by atoms with E-state index in [1.165, 1.54) is 116 Å². The summed E-state index contributed by atoms with van der Waals surface area (Å²) in [6.07, 6.45) is 30.6. The van der Waals surface area contributed by atoms with Gasteiger partial charge in [0.1, 0.15) is 12.7 Å². The van der Waals surface area contributed by atoms with Crippen molar-refractivity contribution in [2.24, 2.45) is 0 Å². The Bertz CT molecular complexity index is 837. The molecule has 0 aromatic heterocycles. The lowest BCUT2D eigenvalue weighted by molar-refractivity contribution is -0.160. The molecule has 1 unspecified atom stereocenters. The molecule has 0 aliphatic heterocycles. The second-order valence-electron chi connectivity index (χ2n) is 13.3. The maximum Gasteiger partial charge on any atom is 0.472 e. The van der Waals surface area contributed by atoms with Crippen molar-refractivity contribution in [3.05, 3.63) is 12.2 Å². The van der Waals surface area contributed by atoms with Gasteiger partial charge in [-0.2, -0.15) is 0 Å². The van der Waals surface area contributed by atoms with E-state index in [1.54, 1.807) is 6.08 Å². The summed E-state index contributed by atoms with van der Waals surface area (Å²) in [5.41, 5.74) is 0. The van der Waals surface area contributed by atoms with Crippen LogP contribution in [0.1, 0.15) is 181 Å². The summed E-state index contributed by atoms with van der Waals surface area (Å²) in [5, 5.41) is 18.3. The number of ether oxygens (including phenoxy) is 2. The van der Waals surface area contributed by atoms with Crippen LogP contribution in [0.2, 0.25) is 0 Å². The number of hydrogen-bond donors (Lipinski definition) is 3. The summed E-state index contributed by atoms with van der Waals surface area (Å²) >= 11 is 0. The maximum absolute atomic E-state index is 12.5. The Morgan fingerprint density at radius 3 is 1.55 bits per heavy atom. The minimum Gasteiger partial charge on any atom is -0.461 e. The summed E-state index contributed by atoms with van der Waals surface area (Å²) in [6.45, 7) is 2.32. The van der Waals surface area contributed by atoms with Crippen molar-refractivity contribution in [1.82, 2.24) is 0 Å². The van der Waals surface area contributed by atoms with E-state index >= 15 is 0 Å². The van der Waals surface area contributed by atoms with Gasteiger partial charge in [-0.15, -0.1) is 0 Å². The van der Waals surface area contributed by atoms with E-state index in [1.807, 2.05) is 6.08 Å². The number of carbonyl (C=O) groups is 2. The van der Waals surface area contributed by atoms with Gasteiger partial charge in [-0.25, -0.2) is 4.57 Å². The van der Waals surface area contributed by atoms with E-state index in [0.717, 1.165) is 32.1 Å². The van der Waals surface area contributed by atoms with E-state index in [2.05, 4.69) is 18.4 Å². The van der Waals surface area contributed by atoms with Gasteiger partial charge in [0.2, 0.25) is 0 Å². The predicted octanol–water partition coefficient (Wildman–Crippen LogP) is 9.67. The quantitative estimate of drug-likeness (QED) is 0.0245. The van der Waals surface area contributed by atoms with Gasteiger partial charge in [-0.05, 0) is 19.3 Å². The number of allylic oxidation sites excluding steroid dienone is 1. The van der Waals surface area contributed by atoms with Crippen molar-refractivity contribution in [3.63, 3.8) is 0 Å². The highest BCUT2D eigenvalue weighted by molar-refractivity contribution is 7.47. The zero-order valence-electron chi connectivity index (χ0n) is 31.2. The Morgan fingerprint density at radius 2 is 1.06 bits per heavy atom. The zero-order chi connectivity index (χ0) is 36.3. The highest BCUT2D eigenvalue weighted by Gasteiger charge is 2.27. The van der Waals surface area contributed by atoms with Crippen LogP contribution in [0, 0.1) is 0 Å². The van der Waals surface area contributed by atoms with Crippen LogP contribution in [0.3, 0.4) is 0 Å². The molecule has 0 aliphatic rings. The van der Waals surface area contributed by atoms with Crippen molar-refractivity contribution >= 4 is 19.8 Å². The first-order valence-corrected chi connectivity index (χ1v) is 21.1. The fourth-order valence-corrected chi connectivity index (χ4v) is 6.18. The summed E-state index contributed by atoms with van der Waals surface area (Å²) in [5.74, 6) is -1.01. The molecule has 0 radical (unpaired) electrons. The topological polar surface area (TPSA) is 149 Å². The number of phosphoric acid groups is 1. The van der Waals surface area contributed by atoms with E-state index in [-0.39, 0.29) is 19.4 Å². The van der Waals surface area contributed by atoms with Crippen molar-refractivity contribution in [2.45, 2.75) is 193 Å². The molecule has 10 nitrogen and oxygen atoms in total. The Labute approximate surface area is 298 Å². The molecule has 0 saturated heterocycles. The van der Waals surface area contributed by atoms with Crippen molar-refractivity contribution < 1.29 is 47.8 Å². The third kappa shape index (κ3) is 34.9. The summed E-state index contributed by atoms with van der Waals surface area (Å²) in [7, 11) is -4.61.